The highest BCUT2D eigenvalue weighted by Gasteiger charge is 2.28. The molecule has 0 aromatic carbocycles. The third-order valence-corrected chi connectivity index (χ3v) is 4.64. The summed E-state index contributed by atoms with van der Waals surface area (Å²) in [6, 6.07) is -2.93. The van der Waals surface area contributed by atoms with E-state index in [1.165, 1.54) is 0 Å². The first-order valence-electron chi connectivity index (χ1n) is 11.3. The Hall–Kier alpha value is -3.62. The van der Waals surface area contributed by atoms with Crippen molar-refractivity contribution in [2.24, 2.45) is 44.6 Å². The van der Waals surface area contributed by atoms with Crippen LogP contribution < -0.4 is 44.6 Å². The van der Waals surface area contributed by atoms with Gasteiger partial charge >= 0.3 is 5.97 Å². The molecule has 15 nitrogen and oxygen atoms in total. The van der Waals surface area contributed by atoms with E-state index >= 15 is 0 Å². The van der Waals surface area contributed by atoms with Crippen LogP contribution in [0.3, 0.4) is 0 Å². The summed E-state index contributed by atoms with van der Waals surface area (Å²) in [6.07, 6.45) is 1.51. The molecule has 3 unspecified atom stereocenters. The summed E-state index contributed by atoms with van der Waals surface area (Å²) >= 11 is 0. The molecule has 0 radical (unpaired) electrons. The minimum Gasteiger partial charge on any atom is -0.480 e. The van der Waals surface area contributed by atoms with Crippen LogP contribution in [0.25, 0.3) is 0 Å². The zero-order valence-corrected chi connectivity index (χ0v) is 20.3. The van der Waals surface area contributed by atoms with Gasteiger partial charge in [0.2, 0.25) is 17.7 Å². The average Bonchev–Trinajstić information content (AvgIpc) is 2.75. The Bertz CT molecular complexity index is 763. The maximum Gasteiger partial charge on any atom is 0.322 e. The number of amides is 3. The molecule has 35 heavy (non-hydrogen) atoms. The first kappa shape index (κ1) is 31.4. The number of nitrogens with zero attached hydrogens (tertiary/aromatic N) is 2. The summed E-state index contributed by atoms with van der Waals surface area (Å²) in [5.41, 5.74) is 27.1. The van der Waals surface area contributed by atoms with E-state index in [1.54, 1.807) is 0 Å². The molecule has 0 aliphatic carbocycles. The van der Waals surface area contributed by atoms with Gasteiger partial charge in [0.05, 0.1) is 6.04 Å². The predicted octanol–water partition coefficient (Wildman–Crippen LogP) is -3.36. The Morgan fingerprint density at radius 2 is 1.31 bits per heavy atom. The Kier molecular flexibility index (Phi) is 15.2. The number of nitrogens with one attached hydrogen (secondary N) is 3. The van der Waals surface area contributed by atoms with Gasteiger partial charge in [-0.25, -0.2) is 0 Å². The van der Waals surface area contributed by atoms with E-state index in [2.05, 4.69) is 25.9 Å². The summed E-state index contributed by atoms with van der Waals surface area (Å²) in [5.74, 6) is -3.19. The van der Waals surface area contributed by atoms with Crippen LogP contribution in [-0.2, 0) is 19.2 Å². The molecule has 3 amide bonds. The fourth-order valence-electron chi connectivity index (χ4n) is 2.96. The molecule has 15 heteroatoms. The normalized spacial score (nSPS) is 13.1. The third kappa shape index (κ3) is 15.8. The van der Waals surface area contributed by atoms with Gasteiger partial charge in [0.1, 0.15) is 18.6 Å². The number of hydrogen-bond donors (Lipinski definition) is 9. The SMILES string of the molecule is CC(C)CC(NC(=O)C(CCCN=C(N)N)NC(=O)C(N)CCCN=C(N)N)C(=O)NCC(=O)O. The Morgan fingerprint density at radius 3 is 1.80 bits per heavy atom. The van der Waals surface area contributed by atoms with Gasteiger partial charge in [-0.05, 0) is 38.0 Å². The molecule has 0 aliphatic heterocycles. The Labute approximate surface area is 204 Å². The molecular weight excluding hydrogens is 460 g/mol. The van der Waals surface area contributed by atoms with Crippen LogP contribution >= 0.6 is 0 Å². The molecule has 3 atom stereocenters. The predicted molar refractivity (Wildman–Crippen MR) is 132 cm³/mol. The summed E-state index contributed by atoms with van der Waals surface area (Å²) in [6.45, 7) is 3.63. The van der Waals surface area contributed by atoms with Gasteiger partial charge in [-0.3, -0.25) is 29.2 Å². The van der Waals surface area contributed by atoms with Crippen molar-refractivity contribution in [1.82, 2.24) is 16.0 Å². The lowest BCUT2D eigenvalue weighted by atomic mass is 10.0. The summed E-state index contributed by atoms with van der Waals surface area (Å²) in [7, 11) is 0. The highest BCUT2D eigenvalue weighted by Crippen LogP contribution is 2.07. The zero-order chi connectivity index (χ0) is 27.0. The number of guanidine groups is 2. The van der Waals surface area contributed by atoms with Gasteiger partial charge in [-0.15, -0.1) is 0 Å². The molecule has 14 N–H and O–H groups in total. The van der Waals surface area contributed by atoms with E-state index in [1.807, 2.05) is 13.8 Å². The zero-order valence-electron chi connectivity index (χ0n) is 20.3. The van der Waals surface area contributed by atoms with Gasteiger partial charge in [0.15, 0.2) is 11.9 Å². The fourth-order valence-corrected chi connectivity index (χ4v) is 2.96. The van der Waals surface area contributed by atoms with Crippen molar-refractivity contribution in [3.63, 3.8) is 0 Å². The Morgan fingerprint density at radius 1 is 0.800 bits per heavy atom. The van der Waals surface area contributed by atoms with E-state index in [4.69, 9.17) is 33.8 Å². The maximum absolute atomic E-state index is 13.0. The summed E-state index contributed by atoms with van der Waals surface area (Å²) in [4.78, 5) is 56.5. The molecule has 0 aliphatic rings. The van der Waals surface area contributed by atoms with Crippen LogP contribution in [0.1, 0.15) is 46.0 Å². The largest absolute Gasteiger partial charge is 0.480 e. The van der Waals surface area contributed by atoms with Crippen LogP contribution in [0, 0.1) is 5.92 Å². The van der Waals surface area contributed by atoms with Crippen LogP contribution in [0.15, 0.2) is 9.98 Å². The van der Waals surface area contributed by atoms with Crippen LogP contribution in [-0.4, -0.2) is 78.5 Å². The minimum absolute atomic E-state index is 0.0180. The van der Waals surface area contributed by atoms with Crippen molar-refractivity contribution in [1.29, 1.82) is 0 Å². The van der Waals surface area contributed by atoms with Crippen LogP contribution in [0.2, 0.25) is 0 Å². The lowest BCUT2D eigenvalue weighted by Crippen LogP contribution is -2.56. The van der Waals surface area contributed by atoms with Gasteiger partial charge < -0.3 is 49.7 Å². The number of carbonyl (C=O) groups is 4. The molecule has 0 bridgehead atoms. The molecule has 0 saturated carbocycles. The highest BCUT2D eigenvalue weighted by atomic mass is 16.4. The van der Waals surface area contributed by atoms with Crippen molar-refractivity contribution in [2.75, 3.05) is 19.6 Å². The maximum atomic E-state index is 13.0. The second-order valence-electron chi connectivity index (χ2n) is 8.37. The first-order chi connectivity index (χ1) is 16.3. The lowest BCUT2D eigenvalue weighted by Gasteiger charge is -2.25. The van der Waals surface area contributed by atoms with Gasteiger partial charge in [0, 0.05) is 13.1 Å². The van der Waals surface area contributed by atoms with E-state index in [9.17, 15) is 19.2 Å². The van der Waals surface area contributed by atoms with Crippen LogP contribution in [0.4, 0.5) is 0 Å². The van der Waals surface area contributed by atoms with E-state index in [0.717, 1.165) is 0 Å². The first-order valence-corrected chi connectivity index (χ1v) is 11.3. The monoisotopic (exact) mass is 500 g/mol. The van der Waals surface area contributed by atoms with Crippen molar-refractivity contribution >= 4 is 35.6 Å². The number of carboxylic acid groups (broad SMARTS) is 1. The molecule has 0 fully saturated rings. The van der Waals surface area contributed by atoms with Crippen molar-refractivity contribution in [3.8, 4) is 0 Å². The van der Waals surface area contributed by atoms with Crippen LogP contribution in [0.5, 0.6) is 0 Å². The molecular formula is C20H40N10O5. The number of aliphatic imine (C=N–C) groups is 2. The average molecular weight is 501 g/mol. The van der Waals surface area contributed by atoms with Crippen molar-refractivity contribution in [3.05, 3.63) is 0 Å². The van der Waals surface area contributed by atoms with E-state index < -0.39 is 48.4 Å². The molecule has 0 aromatic rings. The Balaban J connectivity index is 5.31. The molecule has 0 rings (SSSR count). The summed E-state index contributed by atoms with van der Waals surface area (Å²) in [5, 5.41) is 16.3. The van der Waals surface area contributed by atoms with Crippen molar-refractivity contribution in [2.45, 2.75) is 64.1 Å². The number of carboxylic acids is 1. The van der Waals surface area contributed by atoms with Gasteiger partial charge in [-0.2, -0.15) is 0 Å². The number of rotatable bonds is 17. The second-order valence-corrected chi connectivity index (χ2v) is 8.37. The quantitative estimate of drug-likeness (QED) is 0.0543. The fraction of sp³-hybridized carbons (Fsp3) is 0.700. The third-order valence-electron chi connectivity index (χ3n) is 4.64. The molecule has 0 aromatic heterocycles. The van der Waals surface area contributed by atoms with Gasteiger partial charge in [-0.1, -0.05) is 13.8 Å². The van der Waals surface area contributed by atoms with Crippen molar-refractivity contribution < 1.29 is 24.3 Å². The second kappa shape index (κ2) is 16.9. The number of hydrogen-bond acceptors (Lipinski definition) is 7. The lowest BCUT2D eigenvalue weighted by molar-refractivity contribution is -0.138. The molecule has 0 heterocycles. The topological polar surface area (TPSA) is 279 Å². The highest BCUT2D eigenvalue weighted by molar-refractivity contribution is 5.93. The van der Waals surface area contributed by atoms with E-state index in [-0.39, 0.29) is 43.6 Å². The standard InChI is InChI=1S/C20H40N10O5/c1-11(2)9-14(17(34)28-10-15(31)32)30-18(35)13(6-4-8-27-20(24)25)29-16(33)12(21)5-3-7-26-19(22)23/h11-14H,3-10,21H2,1-2H3,(H,28,34)(H,29,33)(H,30,35)(H,31,32)(H4,22,23,26)(H4,24,25,27). The van der Waals surface area contributed by atoms with Gasteiger partial charge in [0.25, 0.3) is 0 Å². The number of carbonyl (C=O) groups excluding carboxylic acids is 3. The smallest absolute Gasteiger partial charge is 0.322 e. The number of aliphatic carboxylic acids is 1. The molecule has 200 valence electrons. The van der Waals surface area contributed by atoms with E-state index in [0.29, 0.717) is 19.4 Å². The molecule has 0 saturated heterocycles. The molecule has 0 spiro atoms. The minimum atomic E-state index is -1.22. The number of nitrogens with two attached hydrogens (primary N) is 5. The summed E-state index contributed by atoms with van der Waals surface area (Å²) < 4.78 is 0.